The molecule has 0 aromatic carbocycles. The lowest BCUT2D eigenvalue weighted by molar-refractivity contribution is 0.549. The third-order valence-electron chi connectivity index (χ3n) is 3.53. The van der Waals surface area contributed by atoms with Crippen LogP contribution in [-0.4, -0.2) is 24.1 Å². The van der Waals surface area contributed by atoms with Gasteiger partial charge >= 0.3 is 0 Å². The van der Waals surface area contributed by atoms with Crippen molar-refractivity contribution in [3.63, 3.8) is 0 Å². The van der Waals surface area contributed by atoms with E-state index >= 15 is 0 Å². The van der Waals surface area contributed by atoms with Gasteiger partial charge in [-0.25, -0.2) is 4.98 Å². The average molecular weight is 289 g/mol. The van der Waals surface area contributed by atoms with E-state index in [1.807, 2.05) is 6.08 Å². The van der Waals surface area contributed by atoms with E-state index in [-0.39, 0.29) is 0 Å². The van der Waals surface area contributed by atoms with Crippen LogP contribution in [0.4, 0.5) is 5.82 Å². The molecule has 1 aromatic rings. The number of anilines is 1. The minimum Gasteiger partial charge on any atom is -0.350 e. The maximum absolute atomic E-state index is 4.81. The van der Waals surface area contributed by atoms with Crippen LogP contribution in [-0.2, 0) is 6.54 Å². The second-order valence-electron chi connectivity index (χ2n) is 6.44. The summed E-state index contributed by atoms with van der Waals surface area (Å²) in [6.45, 7) is 19.7. The molecule has 3 nitrogen and oxygen atoms in total. The summed E-state index contributed by atoms with van der Waals surface area (Å²) in [7, 11) is 0. The summed E-state index contributed by atoms with van der Waals surface area (Å²) in [4.78, 5) is 7.13. The van der Waals surface area contributed by atoms with Gasteiger partial charge in [0.25, 0.3) is 0 Å². The lowest BCUT2D eigenvalue weighted by Gasteiger charge is -2.30. The minimum atomic E-state index is 0.403. The molecule has 1 aromatic heterocycles. The maximum atomic E-state index is 4.81. The van der Waals surface area contributed by atoms with Gasteiger partial charge in [-0.2, -0.15) is 0 Å². The Hall–Kier alpha value is -1.35. The summed E-state index contributed by atoms with van der Waals surface area (Å²) in [6.07, 6.45) is 1.95. The van der Waals surface area contributed by atoms with E-state index in [0.29, 0.717) is 12.0 Å². The number of hydrogen-bond acceptors (Lipinski definition) is 3. The molecule has 0 aliphatic rings. The standard InChI is InChI=1S/C18H31N3/c1-8-9-21(14(4)5)18-17(12-19-11-13(2)3)15(6)10-16(7)20-18/h8,10,13-14,19H,1,9,11-12H2,2-7H3. The fraction of sp³-hybridized carbons (Fsp3) is 0.611. The summed E-state index contributed by atoms with van der Waals surface area (Å²) in [5.74, 6) is 1.75. The van der Waals surface area contributed by atoms with Gasteiger partial charge in [-0.3, -0.25) is 0 Å². The fourth-order valence-electron chi connectivity index (χ4n) is 2.47. The van der Waals surface area contributed by atoms with Crippen LogP contribution in [0.25, 0.3) is 0 Å². The first-order valence-electron chi connectivity index (χ1n) is 7.92. The molecule has 1 N–H and O–H groups in total. The molecular formula is C18H31N3. The topological polar surface area (TPSA) is 28.2 Å². The first-order chi connectivity index (χ1) is 9.86. The molecule has 0 radical (unpaired) electrons. The van der Waals surface area contributed by atoms with Crippen LogP contribution in [0, 0.1) is 19.8 Å². The number of aryl methyl sites for hydroxylation is 2. The van der Waals surface area contributed by atoms with Crippen molar-refractivity contribution in [1.29, 1.82) is 0 Å². The monoisotopic (exact) mass is 289 g/mol. The van der Waals surface area contributed by atoms with Crippen LogP contribution >= 0.6 is 0 Å². The first kappa shape index (κ1) is 17.7. The zero-order valence-electron chi connectivity index (χ0n) is 14.5. The van der Waals surface area contributed by atoms with Crippen molar-refractivity contribution in [1.82, 2.24) is 10.3 Å². The number of nitrogens with one attached hydrogen (secondary N) is 1. The van der Waals surface area contributed by atoms with Gasteiger partial charge in [-0.1, -0.05) is 19.9 Å². The van der Waals surface area contributed by atoms with E-state index in [0.717, 1.165) is 31.1 Å². The van der Waals surface area contributed by atoms with Crippen LogP contribution < -0.4 is 10.2 Å². The quantitative estimate of drug-likeness (QED) is 0.737. The highest BCUT2D eigenvalue weighted by Crippen LogP contribution is 2.24. The molecule has 0 atom stereocenters. The SMILES string of the molecule is C=CCN(c1nc(C)cc(C)c1CNCC(C)C)C(C)C. The predicted octanol–water partition coefficient (Wildman–Crippen LogP) is 3.84. The Morgan fingerprint density at radius 2 is 1.95 bits per heavy atom. The van der Waals surface area contributed by atoms with Crippen LogP contribution in [0.2, 0.25) is 0 Å². The molecule has 1 heterocycles. The smallest absolute Gasteiger partial charge is 0.134 e. The molecule has 3 heteroatoms. The zero-order valence-corrected chi connectivity index (χ0v) is 14.5. The van der Waals surface area contributed by atoms with Crippen molar-refractivity contribution in [3.05, 3.63) is 35.5 Å². The van der Waals surface area contributed by atoms with E-state index < -0.39 is 0 Å². The molecule has 0 amide bonds. The highest BCUT2D eigenvalue weighted by molar-refractivity contribution is 5.52. The van der Waals surface area contributed by atoms with Crippen molar-refractivity contribution < 1.29 is 0 Å². The largest absolute Gasteiger partial charge is 0.350 e. The van der Waals surface area contributed by atoms with E-state index in [1.54, 1.807) is 0 Å². The molecule has 0 saturated carbocycles. The average Bonchev–Trinajstić information content (AvgIpc) is 2.37. The molecule has 21 heavy (non-hydrogen) atoms. The normalized spacial score (nSPS) is 11.2. The van der Waals surface area contributed by atoms with Gasteiger partial charge in [-0.05, 0) is 51.8 Å². The molecule has 0 fully saturated rings. The van der Waals surface area contributed by atoms with E-state index in [1.165, 1.54) is 11.1 Å². The Labute approximate surface area is 130 Å². The summed E-state index contributed by atoms with van der Waals surface area (Å²) in [6, 6.07) is 2.57. The van der Waals surface area contributed by atoms with Crippen LogP contribution in [0.3, 0.4) is 0 Å². The minimum absolute atomic E-state index is 0.403. The number of aromatic nitrogens is 1. The highest BCUT2D eigenvalue weighted by Gasteiger charge is 2.17. The van der Waals surface area contributed by atoms with Crippen molar-refractivity contribution in [3.8, 4) is 0 Å². The number of hydrogen-bond donors (Lipinski definition) is 1. The second kappa shape index (κ2) is 8.18. The molecule has 1 rings (SSSR count). The Morgan fingerprint density at radius 3 is 2.48 bits per heavy atom. The van der Waals surface area contributed by atoms with Gasteiger partial charge in [0, 0.05) is 30.4 Å². The van der Waals surface area contributed by atoms with Crippen LogP contribution in [0.15, 0.2) is 18.7 Å². The van der Waals surface area contributed by atoms with E-state index in [9.17, 15) is 0 Å². The van der Waals surface area contributed by atoms with Gasteiger partial charge in [0.2, 0.25) is 0 Å². The first-order valence-corrected chi connectivity index (χ1v) is 7.92. The number of pyridine rings is 1. The van der Waals surface area contributed by atoms with Crippen molar-refractivity contribution in [2.24, 2.45) is 5.92 Å². The third kappa shape index (κ3) is 5.16. The van der Waals surface area contributed by atoms with Gasteiger partial charge in [-0.15, -0.1) is 6.58 Å². The number of rotatable bonds is 8. The van der Waals surface area contributed by atoms with Crippen LogP contribution in [0.5, 0.6) is 0 Å². The van der Waals surface area contributed by atoms with Gasteiger partial charge in [0.05, 0.1) is 0 Å². The van der Waals surface area contributed by atoms with E-state index in [4.69, 9.17) is 4.98 Å². The molecule has 0 unspecified atom stereocenters. The summed E-state index contributed by atoms with van der Waals surface area (Å²) >= 11 is 0. The van der Waals surface area contributed by atoms with Gasteiger partial charge in [0.15, 0.2) is 0 Å². The van der Waals surface area contributed by atoms with Crippen molar-refractivity contribution >= 4 is 5.82 Å². The van der Waals surface area contributed by atoms with Crippen LogP contribution in [0.1, 0.15) is 44.5 Å². The third-order valence-corrected chi connectivity index (χ3v) is 3.53. The molecule has 0 aliphatic heterocycles. The molecular weight excluding hydrogens is 258 g/mol. The lowest BCUT2D eigenvalue weighted by atomic mass is 10.1. The predicted molar refractivity (Wildman–Crippen MR) is 92.9 cm³/mol. The molecule has 0 spiro atoms. The maximum Gasteiger partial charge on any atom is 0.134 e. The molecule has 0 aliphatic carbocycles. The Bertz CT molecular complexity index is 464. The Balaban J connectivity index is 3.11. The van der Waals surface area contributed by atoms with Gasteiger partial charge in [0.1, 0.15) is 5.82 Å². The summed E-state index contributed by atoms with van der Waals surface area (Å²) in [5, 5.41) is 3.55. The summed E-state index contributed by atoms with van der Waals surface area (Å²) in [5.41, 5.74) is 3.69. The number of nitrogens with zero attached hydrogens (tertiary/aromatic N) is 2. The molecule has 118 valence electrons. The summed E-state index contributed by atoms with van der Waals surface area (Å²) < 4.78 is 0. The Kier molecular flexibility index (Phi) is 6.90. The lowest BCUT2D eigenvalue weighted by Crippen LogP contribution is -2.33. The molecule has 0 saturated heterocycles. The van der Waals surface area contributed by atoms with Gasteiger partial charge < -0.3 is 10.2 Å². The highest BCUT2D eigenvalue weighted by atomic mass is 15.2. The molecule has 0 bridgehead atoms. The second-order valence-corrected chi connectivity index (χ2v) is 6.44. The Morgan fingerprint density at radius 1 is 1.29 bits per heavy atom. The van der Waals surface area contributed by atoms with Crippen molar-refractivity contribution in [2.45, 2.75) is 54.1 Å². The fourth-order valence-corrected chi connectivity index (χ4v) is 2.47. The van der Waals surface area contributed by atoms with E-state index in [2.05, 4.69) is 64.4 Å². The zero-order chi connectivity index (χ0) is 16.0. The van der Waals surface area contributed by atoms with Crippen molar-refractivity contribution in [2.75, 3.05) is 18.0 Å².